The number of hydrogen-bond acceptors (Lipinski definition) is 4. The number of aromatic nitrogens is 1. The second-order valence-electron chi connectivity index (χ2n) is 6.33. The van der Waals surface area contributed by atoms with Gasteiger partial charge in [0.1, 0.15) is 0 Å². The summed E-state index contributed by atoms with van der Waals surface area (Å²) in [6.45, 7) is 1.43. The highest BCUT2D eigenvalue weighted by atomic mass is 16.7. The van der Waals surface area contributed by atoms with Gasteiger partial charge in [-0.2, -0.15) is 0 Å². The minimum Gasteiger partial charge on any atom is -0.465 e. The van der Waals surface area contributed by atoms with E-state index in [9.17, 15) is 4.79 Å². The first kappa shape index (κ1) is 14.7. The summed E-state index contributed by atoms with van der Waals surface area (Å²) in [6, 6.07) is 8.25. The topological polar surface area (TPSA) is 49.7 Å². The van der Waals surface area contributed by atoms with Crippen molar-refractivity contribution in [3.05, 3.63) is 36.0 Å². The number of carbonyl (C=O) groups excluding carboxylic acids is 1. The standard InChI is InChI=1S/C18H21NO4/c1-21-17(20)14-2-3-16-13(12-14)6-9-19(16)15-4-7-18(8-5-15)22-10-11-23-18/h2-3,6,9,12,15H,4-5,7-8,10-11H2,1H3. The Morgan fingerprint density at radius 2 is 1.96 bits per heavy atom. The van der Waals surface area contributed by atoms with Crippen LogP contribution in [0.1, 0.15) is 42.1 Å². The first-order valence-corrected chi connectivity index (χ1v) is 8.18. The predicted molar refractivity (Wildman–Crippen MR) is 85.4 cm³/mol. The number of rotatable bonds is 2. The minimum absolute atomic E-state index is 0.296. The third kappa shape index (κ3) is 2.54. The largest absolute Gasteiger partial charge is 0.465 e. The fraction of sp³-hybridized carbons (Fsp3) is 0.500. The van der Waals surface area contributed by atoms with Crippen molar-refractivity contribution in [3.8, 4) is 0 Å². The highest BCUT2D eigenvalue weighted by Gasteiger charge is 2.40. The van der Waals surface area contributed by atoms with Crippen LogP contribution in [-0.4, -0.2) is 36.6 Å². The predicted octanol–water partition coefficient (Wildman–Crippen LogP) is 3.29. The number of carbonyl (C=O) groups is 1. The molecular formula is C18H21NO4. The van der Waals surface area contributed by atoms with Crippen molar-refractivity contribution in [2.24, 2.45) is 0 Å². The van der Waals surface area contributed by atoms with Crippen molar-refractivity contribution in [2.75, 3.05) is 20.3 Å². The number of fused-ring (bicyclic) bond motifs is 1. The number of nitrogens with zero attached hydrogens (tertiary/aromatic N) is 1. The Morgan fingerprint density at radius 1 is 1.22 bits per heavy atom. The molecule has 4 rings (SSSR count). The average molecular weight is 315 g/mol. The molecule has 0 radical (unpaired) electrons. The van der Waals surface area contributed by atoms with Gasteiger partial charge in [0, 0.05) is 36.0 Å². The molecule has 5 heteroatoms. The molecule has 2 aromatic rings. The van der Waals surface area contributed by atoms with Crippen LogP contribution in [0.25, 0.3) is 10.9 Å². The third-order valence-electron chi connectivity index (χ3n) is 5.07. The summed E-state index contributed by atoms with van der Waals surface area (Å²) in [5.41, 5.74) is 1.75. The van der Waals surface area contributed by atoms with Crippen LogP contribution in [0.4, 0.5) is 0 Å². The smallest absolute Gasteiger partial charge is 0.337 e. The molecule has 0 unspecified atom stereocenters. The van der Waals surface area contributed by atoms with Crippen LogP contribution < -0.4 is 0 Å². The summed E-state index contributed by atoms with van der Waals surface area (Å²) in [6.07, 6.45) is 6.09. The molecule has 1 spiro atoms. The van der Waals surface area contributed by atoms with Gasteiger partial charge in [0.15, 0.2) is 5.79 Å². The molecule has 1 saturated carbocycles. The van der Waals surface area contributed by atoms with Crippen molar-refractivity contribution in [1.29, 1.82) is 0 Å². The van der Waals surface area contributed by atoms with Gasteiger partial charge < -0.3 is 18.8 Å². The molecule has 122 valence electrons. The minimum atomic E-state index is -0.322. The van der Waals surface area contributed by atoms with Crippen LogP contribution in [-0.2, 0) is 14.2 Å². The molecule has 0 N–H and O–H groups in total. The molecule has 1 aromatic carbocycles. The second kappa shape index (κ2) is 5.65. The van der Waals surface area contributed by atoms with Crippen LogP contribution in [0.15, 0.2) is 30.5 Å². The van der Waals surface area contributed by atoms with Gasteiger partial charge in [0.25, 0.3) is 0 Å². The normalized spacial score (nSPS) is 21.1. The molecule has 1 saturated heterocycles. The number of methoxy groups -OCH3 is 1. The van der Waals surface area contributed by atoms with Crippen molar-refractivity contribution in [1.82, 2.24) is 4.57 Å². The van der Waals surface area contributed by atoms with Crippen molar-refractivity contribution < 1.29 is 19.0 Å². The number of esters is 1. The summed E-state index contributed by atoms with van der Waals surface area (Å²) in [5.74, 6) is -0.618. The quantitative estimate of drug-likeness (QED) is 0.798. The maximum Gasteiger partial charge on any atom is 0.337 e. The number of benzene rings is 1. The third-order valence-corrected chi connectivity index (χ3v) is 5.07. The fourth-order valence-corrected chi connectivity index (χ4v) is 3.83. The van der Waals surface area contributed by atoms with Gasteiger partial charge in [-0.1, -0.05) is 0 Å². The molecule has 5 nitrogen and oxygen atoms in total. The maximum atomic E-state index is 11.7. The van der Waals surface area contributed by atoms with Gasteiger partial charge in [-0.15, -0.1) is 0 Å². The van der Waals surface area contributed by atoms with Gasteiger partial charge in [-0.25, -0.2) is 4.79 Å². The zero-order chi connectivity index (χ0) is 15.9. The summed E-state index contributed by atoms with van der Waals surface area (Å²) in [7, 11) is 1.41. The van der Waals surface area contributed by atoms with Crippen molar-refractivity contribution >= 4 is 16.9 Å². The van der Waals surface area contributed by atoms with Gasteiger partial charge in [-0.3, -0.25) is 0 Å². The Bertz CT molecular complexity index is 720. The molecule has 1 aromatic heterocycles. The molecule has 0 amide bonds. The lowest BCUT2D eigenvalue weighted by molar-refractivity contribution is -0.181. The summed E-state index contributed by atoms with van der Waals surface area (Å²) in [4.78, 5) is 11.7. The molecule has 2 aliphatic rings. The summed E-state index contributed by atoms with van der Waals surface area (Å²) < 4.78 is 18.7. The SMILES string of the molecule is COC(=O)c1ccc2c(ccn2C2CCC3(CC2)OCCO3)c1. The first-order valence-electron chi connectivity index (χ1n) is 8.18. The molecule has 2 heterocycles. The van der Waals surface area contributed by atoms with Crippen LogP contribution >= 0.6 is 0 Å². The van der Waals surface area contributed by atoms with Gasteiger partial charge >= 0.3 is 5.97 Å². The average Bonchev–Trinajstić information content (AvgIpc) is 3.22. The second-order valence-corrected chi connectivity index (χ2v) is 6.33. The van der Waals surface area contributed by atoms with E-state index in [1.165, 1.54) is 7.11 Å². The van der Waals surface area contributed by atoms with Crippen LogP contribution in [0.3, 0.4) is 0 Å². The Hall–Kier alpha value is -1.85. The molecule has 23 heavy (non-hydrogen) atoms. The van der Waals surface area contributed by atoms with E-state index in [0.29, 0.717) is 24.8 Å². The van der Waals surface area contributed by atoms with E-state index in [0.717, 1.165) is 36.6 Å². The van der Waals surface area contributed by atoms with Crippen LogP contribution in [0.2, 0.25) is 0 Å². The molecule has 1 aliphatic carbocycles. The summed E-state index contributed by atoms with van der Waals surface area (Å²) in [5, 5.41) is 1.07. The van der Waals surface area contributed by atoms with Crippen molar-refractivity contribution in [2.45, 2.75) is 37.5 Å². The lowest BCUT2D eigenvalue weighted by atomic mass is 9.90. The lowest BCUT2D eigenvalue weighted by Gasteiger charge is -2.36. The van der Waals surface area contributed by atoms with Crippen LogP contribution in [0.5, 0.6) is 0 Å². The highest BCUT2D eigenvalue weighted by Crippen LogP contribution is 2.41. The number of ether oxygens (including phenoxy) is 3. The Kier molecular flexibility index (Phi) is 3.62. The van der Waals surface area contributed by atoms with E-state index in [4.69, 9.17) is 14.2 Å². The number of hydrogen-bond donors (Lipinski definition) is 0. The van der Waals surface area contributed by atoms with E-state index in [2.05, 4.69) is 16.8 Å². The zero-order valence-corrected chi connectivity index (χ0v) is 13.3. The van der Waals surface area contributed by atoms with E-state index < -0.39 is 0 Å². The highest BCUT2D eigenvalue weighted by molar-refractivity contribution is 5.94. The van der Waals surface area contributed by atoms with E-state index in [1.54, 1.807) is 0 Å². The monoisotopic (exact) mass is 315 g/mol. The Balaban J connectivity index is 1.56. The molecule has 0 bridgehead atoms. The van der Waals surface area contributed by atoms with Crippen LogP contribution in [0, 0.1) is 0 Å². The first-order chi connectivity index (χ1) is 11.2. The van der Waals surface area contributed by atoms with Gasteiger partial charge in [0.2, 0.25) is 0 Å². The zero-order valence-electron chi connectivity index (χ0n) is 13.3. The molecule has 2 fully saturated rings. The van der Waals surface area contributed by atoms with Gasteiger partial charge in [-0.05, 0) is 37.1 Å². The fourth-order valence-electron chi connectivity index (χ4n) is 3.83. The van der Waals surface area contributed by atoms with Crippen molar-refractivity contribution in [3.63, 3.8) is 0 Å². The molecule has 1 aliphatic heterocycles. The van der Waals surface area contributed by atoms with E-state index in [1.807, 2.05) is 18.2 Å². The maximum absolute atomic E-state index is 11.7. The lowest BCUT2D eigenvalue weighted by Crippen LogP contribution is -2.35. The summed E-state index contributed by atoms with van der Waals surface area (Å²) >= 11 is 0. The Labute approximate surface area is 135 Å². The Morgan fingerprint density at radius 3 is 2.65 bits per heavy atom. The molecular weight excluding hydrogens is 294 g/mol. The van der Waals surface area contributed by atoms with E-state index >= 15 is 0 Å². The molecule has 0 atom stereocenters. The van der Waals surface area contributed by atoms with Gasteiger partial charge in [0.05, 0.1) is 25.9 Å². The van der Waals surface area contributed by atoms with E-state index in [-0.39, 0.29) is 11.8 Å².